The first-order valence-corrected chi connectivity index (χ1v) is 7.49. The molecule has 8 heteroatoms. The molecule has 0 aliphatic carbocycles. The molecule has 24 heavy (non-hydrogen) atoms. The maximum Gasteiger partial charge on any atom is 0.272 e. The van der Waals surface area contributed by atoms with Crippen molar-refractivity contribution in [1.82, 2.24) is 20.4 Å². The second-order valence-electron chi connectivity index (χ2n) is 4.98. The van der Waals surface area contributed by atoms with Crippen molar-refractivity contribution in [3.63, 3.8) is 0 Å². The summed E-state index contributed by atoms with van der Waals surface area (Å²) in [5.74, 6) is -0.684. The van der Waals surface area contributed by atoms with Gasteiger partial charge in [0.1, 0.15) is 5.82 Å². The van der Waals surface area contributed by atoms with Crippen LogP contribution in [-0.2, 0) is 9.59 Å². The van der Waals surface area contributed by atoms with Gasteiger partial charge in [0, 0.05) is 19.5 Å². The third-order valence-corrected chi connectivity index (χ3v) is 3.03. The van der Waals surface area contributed by atoms with Crippen LogP contribution in [0.1, 0.15) is 24.3 Å². The zero-order chi connectivity index (χ0) is 17.5. The highest BCUT2D eigenvalue weighted by atomic mass is 16.2. The van der Waals surface area contributed by atoms with E-state index in [9.17, 15) is 14.4 Å². The molecule has 0 saturated heterocycles. The van der Waals surface area contributed by atoms with Gasteiger partial charge in [-0.15, -0.1) is 0 Å². The molecule has 1 aromatic carbocycles. The predicted molar refractivity (Wildman–Crippen MR) is 88.9 cm³/mol. The summed E-state index contributed by atoms with van der Waals surface area (Å²) < 4.78 is 1.46. The van der Waals surface area contributed by atoms with Crippen LogP contribution >= 0.6 is 0 Å². The molecular weight excluding hydrogens is 310 g/mol. The van der Waals surface area contributed by atoms with E-state index in [4.69, 9.17) is 0 Å². The van der Waals surface area contributed by atoms with Gasteiger partial charge in [0.15, 0.2) is 5.69 Å². The van der Waals surface area contributed by atoms with Crippen LogP contribution in [-0.4, -0.2) is 40.6 Å². The Kier molecular flexibility index (Phi) is 5.67. The lowest BCUT2D eigenvalue weighted by Crippen LogP contribution is -2.36. The van der Waals surface area contributed by atoms with E-state index >= 15 is 0 Å². The summed E-state index contributed by atoms with van der Waals surface area (Å²) in [7, 11) is 0. The minimum atomic E-state index is -0.498. The van der Waals surface area contributed by atoms with Crippen LogP contribution in [0, 0.1) is 0 Å². The maximum absolute atomic E-state index is 12.2. The lowest BCUT2D eigenvalue weighted by molar-refractivity contribution is -0.120. The summed E-state index contributed by atoms with van der Waals surface area (Å²) in [6.07, 6.45) is 0. The molecule has 2 aromatic rings. The molecule has 3 N–H and O–H groups in total. The maximum atomic E-state index is 12.2. The first kappa shape index (κ1) is 17.2. The van der Waals surface area contributed by atoms with Gasteiger partial charge in [0.2, 0.25) is 11.8 Å². The van der Waals surface area contributed by atoms with E-state index < -0.39 is 5.91 Å². The summed E-state index contributed by atoms with van der Waals surface area (Å²) in [6.45, 7) is 3.52. The summed E-state index contributed by atoms with van der Waals surface area (Å²) in [4.78, 5) is 34.9. The molecule has 1 aromatic heterocycles. The molecule has 0 unspecified atom stereocenters. The second-order valence-corrected chi connectivity index (χ2v) is 4.98. The van der Waals surface area contributed by atoms with Gasteiger partial charge in [-0.05, 0) is 19.1 Å². The Morgan fingerprint density at radius 1 is 1.12 bits per heavy atom. The number of carbonyl (C=O) groups excluding carboxylic acids is 3. The molecule has 1 heterocycles. The summed E-state index contributed by atoms with van der Waals surface area (Å²) in [5, 5.41) is 11.9. The second kappa shape index (κ2) is 7.91. The van der Waals surface area contributed by atoms with E-state index in [2.05, 4.69) is 21.0 Å². The Bertz CT molecular complexity index is 739. The topological polar surface area (TPSA) is 105 Å². The molecule has 0 bridgehead atoms. The molecule has 3 amide bonds. The Labute approximate surface area is 139 Å². The highest BCUT2D eigenvalue weighted by molar-refractivity contribution is 5.97. The first-order chi connectivity index (χ1) is 11.5. The quantitative estimate of drug-likeness (QED) is 0.725. The number of carbonyl (C=O) groups is 3. The zero-order valence-corrected chi connectivity index (χ0v) is 13.5. The van der Waals surface area contributed by atoms with Gasteiger partial charge in [0.25, 0.3) is 5.91 Å². The number of amides is 3. The van der Waals surface area contributed by atoms with E-state index in [1.165, 1.54) is 17.7 Å². The molecule has 8 nitrogen and oxygen atoms in total. The number of nitrogens with zero attached hydrogens (tertiary/aromatic N) is 2. The number of aromatic nitrogens is 2. The Morgan fingerprint density at radius 3 is 2.46 bits per heavy atom. The fourth-order valence-corrected chi connectivity index (χ4v) is 2.04. The van der Waals surface area contributed by atoms with Crippen LogP contribution in [0.2, 0.25) is 0 Å². The van der Waals surface area contributed by atoms with Crippen molar-refractivity contribution in [3.8, 4) is 5.69 Å². The number of hydrogen-bond acceptors (Lipinski definition) is 4. The van der Waals surface area contributed by atoms with E-state index in [1.54, 1.807) is 19.1 Å². The number of rotatable bonds is 6. The van der Waals surface area contributed by atoms with Gasteiger partial charge < -0.3 is 16.0 Å². The third-order valence-electron chi connectivity index (χ3n) is 3.03. The van der Waals surface area contributed by atoms with Crippen LogP contribution in [0.5, 0.6) is 0 Å². The van der Waals surface area contributed by atoms with Crippen molar-refractivity contribution in [2.75, 3.05) is 18.4 Å². The number of anilines is 1. The van der Waals surface area contributed by atoms with Crippen LogP contribution < -0.4 is 16.0 Å². The molecular formula is C16H19N5O3. The average Bonchev–Trinajstić information content (AvgIpc) is 2.97. The highest BCUT2D eigenvalue weighted by Gasteiger charge is 2.16. The number of hydrogen-bond donors (Lipinski definition) is 3. The Balaban J connectivity index is 2.22. The normalized spacial score (nSPS) is 10.1. The molecule has 0 saturated carbocycles. The first-order valence-electron chi connectivity index (χ1n) is 7.49. The molecule has 0 radical (unpaired) electrons. The Morgan fingerprint density at radius 2 is 1.83 bits per heavy atom. The van der Waals surface area contributed by atoms with Gasteiger partial charge in [-0.1, -0.05) is 18.2 Å². The van der Waals surface area contributed by atoms with Gasteiger partial charge in [-0.25, -0.2) is 4.68 Å². The molecule has 0 atom stereocenters. The average molecular weight is 329 g/mol. The van der Waals surface area contributed by atoms with Gasteiger partial charge in [-0.2, -0.15) is 5.10 Å². The van der Waals surface area contributed by atoms with Crippen molar-refractivity contribution in [2.24, 2.45) is 0 Å². The van der Waals surface area contributed by atoms with Crippen LogP contribution in [0.4, 0.5) is 5.82 Å². The van der Waals surface area contributed by atoms with Crippen molar-refractivity contribution < 1.29 is 14.4 Å². The number of para-hydroxylation sites is 1. The van der Waals surface area contributed by atoms with Crippen LogP contribution in [0.25, 0.3) is 5.69 Å². The number of likely N-dealkylation sites (N-methyl/N-ethyl adjacent to an activating group) is 1. The van der Waals surface area contributed by atoms with Gasteiger partial charge in [0.05, 0.1) is 12.2 Å². The smallest absolute Gasteiger partial charge is 0.272 e. The fourth-order valence-electron chi connectivity index (χ4n) is 2.04. The summed E-state index contributed by atoms with van der Waals surface area (Å²) in [5.41, 5.74) is 0.802. The lowest BCUT2D eigenvalue weighted by Gasteiger charge is -2.06. The van der Waals surface area contributed by atoms with Crippen molar-refractivity contribution >= 4 is 23.5 Å². The van der Waals surface area contributed by atoms with Crippen molar-refractivity contribution in [1.29, 1.82) is 0 Å². The highest BCUT2D eigenvalue weighted by Crippen LogP contribution is 2.17. The van der Waals surface area contributed by atoms with E-state index in [0.717, 1.165) is 0 Å². The molecule has 0 fully saturated rings. The molecule has 0 aliphatic rings. The van der Waals surface area contributed by atoms with Gasteiger partial charge >= 0.3 is 0 Å². The van der Waals surface area contributed by atoms with E-state index in [1.807, 2.05) is 18.2 Å². The minimum absolute atomic E-state index is 0.104. The van der Waals surface area contributed by atoms with E-state index in [-0.39, 0.29) is 24.1 Å². The van der Waals surface area contributed by atoms with Crippen LogP contribution in [0.15, 0.2) is 36.4 Å². The number of nitrogens with one attached hydrogen (secondary N) is 3. The molecule has 2 rings (SSSR count). The number of benzene rings is 1. The monoisotopic (exact) mass is 329 g/mol. The van der Waals surface area contributed by atoms with Crippen molar-refractivity contribution in [2.45, 2.75) is 13.8 Å². The lowest BCUT2D eigenvalue weighted by atomic mass is 10.3. The zero-order valence-electron chi connectivity index (χ0n) is 13.5. The summed E-state index contributed by atoms with van der Waals surface area (Å²) in [6, 6.07) is 10.6. The minimum Gasteiger partial charge on any atom is -0.355 e. The van der Waals surface area contributed by atoms with E-state index in [0.29, 0.717) is 18.1 Å². The fraction of sp³-hybridized carbons (Fsp3) is 0.250. The SMILES string of the molecule is CCNC(=O)CNC(=O)c1cc(NC(C)=O)n(-c2ccccc2)n1. The summed E-state index contributed by atoms with van der Waals surface area (Å²) >= 11 is 0. The standard InChI is InChI=1S/C16H19N5O3/c1-3-17-15(23)10-18-16(24)13-9-14(19-11(2)22)21(20-13)12-7-5-4-6-8-12/h4-9H,3,10H2,1-2H3,(H,17,23)(H,18,24)(H,19,22). The molecule has 126 valence electrons. The largest absolute Gasteiger partial charge is 0.355 e. The third kappa shape index (κ3) is 4.42. The predicted octanol–water partition coefficient (Wildman–Crippen LogP) is 0.697. The van der Waals surface area contributed by atoms with Crippen LogP contribution in [0.3, 0.4) is 0 Å². The Hall–Kier alpha value is -3.16. The van der Waals surface area contributed by atoms with Gasteiger partial charge in [-0.3, -0.25) is 14.4 Å². The molecule has 0 spiro atoms. The van der Waals surface area contributed by atoms with Crippen molar-refractivity contribution in [3.05, 3.63) is 42.1 Å². The molecule has 0 aliphatic heterocycles.